The Morgan fingerprint density at radius 1 is 1.36 bits per heavy atom. The van der Waals surface area contributed by atoms with Crippen molar-refractivity contribution in [1.29, 1.82) is 0 Å². The highest BCUT2D eigenvalue weighted by molar-refractivity contribution is 5.85. The number of aryl methyl sites for hydroxylation is 1. The molecule has 1 aromatic rings. The summed E-state index contributed by atoms with van der Waals surface area (Å²) >= 11 is 0. The molecule has 5 heteroatoms. The Hall–Kier alpha value is -1.26. The van der Waals surface area contributed by atoms with Gasteiger partial charge in [-0.3, -0.25) is 4.79 Å². The fourth-order valence-electron chi connectivity index (χ4n) is 2.77. The number of nitrogens with one attached hydrogen (secondary N) is 2. The zero-order chi connectivity index (χ0) is 15.1. The number of hydrogen-bond acceptors (Lipinski definition) is 3. The first-order valence-corrected chi connectivity index (χ1v) is 7.80. The fourth-order valence-corrected chi connectivity index (χ4v) is 2.77. The van der Waals surface area contributed by atoms with E-state index in [1.807, 2.05) is 25.1 Å². The van der Waals surface area contributed by atoms with Crippen molar-refractivity contribution in [3.05, 3.63) is 29.3 Å². The second kappa shape index (κ2) is 9.70. The van der Waals surface area contributed by atoms with Gasteiger partial charge in [0.15, 0.2) is 0 Å². The molecule has 2 N–H and O–H groups in total. The zero-order valence-electron chi connectivity index (χ0n) is 13.5. The number of rotatable bonds is 6. The van der Waals surface area contributed by atoms with Crippen LogP contribution in [-0.2, 0) is 11.3 Å². The Bertz CT molecular complexity index is 474. The standard InChI is InChI=1S/C17H26N2O2.ClH/c1-13-3-4-15(11-16(13)21-2)12-19-17(20)6-5-14-7-9-18-10-8-14;/h3-4,11,14,18H,5-10,12H2,1-2H3,(H,19,20);1H. The lowest BCUT2D eigenvalue weighted by Gasteiger charge is -2.22. The van der Waals surface area contributed by atoms with Crippen molar-refractivity contribution < 1.29 is 9.53 Å². The van der Waals surface area contributed by atoms with Crippen molar-refractivity contribution >= 4 is 18.3 Å². The van der Waals surface area contributed by atoms with Gasteiger partial charge in [0, 0.05) is 13.0 Å². The van der Waals surface area contributed by atoms with Gasteiger partial charge in [-0.2, -0.15) is 0 Å². The van der Waals surface area contributed by atoms with Crippen molar-refractivity contribution in [3.8, 4) is 5.75 Å². The molecular weight excluding hydrogens is 300 g/mol. The predicted molar refractivity (Wildman–Crippen MR) is 91.7 cm³/mol. The lowest BCUT2D eigenvalue weighted by molar-refractivity contribution is -0.121. The molecule has 1 aromatic carbocycles. The number of carbonyl (C=O) groups excluding carboxylic acids is 1. The Balaban J connectivity index is 0.00000242. The summed E-state index contributed by atoms with van der Waals surface area (Å²) in [6.45, 7) is 4.77. The van der Waals surface area contributed by atoms with Gasteiger partial charge in [-0.15, -0.1) is 12.4 Å². The van der Waals surface area contributed by atoms with E-state index in [-0.39, 0.29) is 18.3 Å². The third kappa shape index (κ3) is 5.85. The number of carbonyl (C=O) groups is 1. The maximum atomic E-state index is 11.9. The van der Waals surface area contributed by atoms with E-state index in [2.05, 4.69) is 10.6 Å². The maximum Gasteiger partial charge on any atom is 0.220 e. The normalized spacial score (nSPS) is 15.0. The average molecular weight is 327 g/mol. The lowest BCUT2D eigenvalue weighted by atomic mass is 9.93. The SMILES string of the molecule is COc1cc(CNC(=O)CCC2CCNCC2)ccc1C.Cl. The van der Waals surface area contributed by atoms with Crippen LogP contribution in [0.3, 0.4) is 0 Å². The molecule has 1 heterocycles. The van der Waals surface area contributed by atoms with Gasteiger partial charge in [0.1, 0.15) is 5.75 Å². The number of amides is 1. The van der Waals surface area contributed by atoms with E-state index in [1.165, 1.54) is 12.8 Å². The molecular formula is C17H27ClN2O2. The summed E-state index contributed by atoms with van der Waals surface area (Å²) in [5.74, 6) is 1.72. The summed E-state index contributed by atoms with van der Waals surface area (Å²) in [4.78, 5) is 11.9. The van der Waals surface area contributed by atoms with Crippen LogP contribution >= 0.6 is 12.4 Å². The quantitative estimate of drug-likeness (QED) is 0.845. The largest absolute Gasteiger partial charge is 0.496 e. The molecule has 0 spiro atoms. The van der Waals surface area contributed by atoms with E-state index < -0.39 is 0 Å². The average Bonchev–Trinajstić information content (AvgIpc) is 2.53. The summed E-state index contributed by atoms with van der Waals surface area (Å²) in [5.41, 5.74) is 2.19. The number of halogens is 1. The van der Waals surface area contributed by atoms with Crippen LogP contribution in [0, 0.1) is 12.8 Å². The molecule has 0 aromatic heterocycles. The Labute approximate surface area is 139 Å². The topological polar surface area (TPSA) is 50.4 Å². The van der Waals surface area contributed by atoms with Gasteiger partial charge < -0.3 is 15.4 Å². The second-order valence-electron chi connectivity index (χ2n) is 5.81. The molecule has 0 saturated carbocycles. The van der Waals surface area contributed by atoms with Crippen LogP contribution < -0.4 is 15.4 Å². The first kappa shape index (κ1) is 18.8. The Morgan fingerprint density at radius 2 is 2.09 bits per heavy atom. The molecule has 0 unspecified atom stereocenters. The number of piperidine rings is 1. The highest BCUT2D eigenvalue weighted by atomic mass is 35.5. The predicted octanol–water partition coefficient (Wildman–Crippen LogP) is 2.82. The van der Waals surface area contributed by atoms with Crippen molar-refractivity contribution in [1.82, 2.24) is 10.6 Å². The molecule has 0 aliphatic carbocycles. The van der Waals surface area contributed by atoms with E-state index in [9.17, 15) is 4.79 Å². The summed E-state index contributed by atoms with van der Waals surface area (Å²) in [7, 11) is 1.67. The summed E-state index contributed by atoms with van der Waals surface area (Å²) in [6, 6.07) is 6.04. The number of benzene rings is 1. The van der Waals surface area contributed by atoms with Gasteiger partial charge in [-0.1, -0.05) is 12.1 Å². The molecule has 2 rings (SSSR count). The number of methoxy groups -OCH3 is 1. The van der Waals surface area contributed by atoms with Crippen LogP contribution in [0.25, 0.3) is 0 Å². The number of hydrogen-bond donors (Lipinski definition) is 2. The highest BCUT2D eigenvalue weighted by Gasteiger charge is 2.14. The second-order valence-corrected chi connectivity index (χ2v) is 5.81. The van der Waals surface area contributed by atoms with Gasteiger partial charge in [0.2, 0.25) is 5.91 Å². The Kier molecular flexibility index (Phi) is 8.28. The first-order chi connectivity index (χ1) is 10.2. The minimum absolute atomic E-state index is 0. The van der Waals surface area contributed by atoms with E-state index in [0.717, 1.165) is 36.4 Å². The van der Waals surface area contributed by atoms with Crippen LogP contribution in [0.4, 0.5) is 0 Å². The van der Waals surface area contributed by atoms with E-state index in [0.29, 0.717) is 18.9 Å². The van der Waals surface area contributed by atoms with Crippen LogP contribution in [-0.4, -0.2) is 26.1 Å². The van der Waals surface area contributed by atoms with E-state index in [1.54, 1.807) is 7.11 Å². The third-order valence-electron chi connectivity index (χ3n) is 4.20. The van der Waals surface area contributed by atoms with Crippen LogP contribution in [0.1, 0.15) is 36.8 Å². The summed E-state index contributed by atoms with van der Waals surface area (Å²) < 4.78 is 5.30. The molecule has 0 radical (unpaired) electrons. The molecule has 0 bridgehead atoms. The van der Waals surface area contributed by atoms with Crippen LogP contribution in [0.2, 0.25) is 0 Å². The molecule has 1 saturated heterocycles. The number of ether oxygens (including phenoxy) is 1. The third-order valence-corrected chi connectivity index (χ3v) is 4.20. The minimum atomic E-state index is 0. The molecule has 1 aliphatic rings. The summed E-state index contributed by atoms with van der Waals surface area (Å²) in [5, 5.41) is 6.35. The van der Waals surface area contributed by atoms with Gasteiger partial charge in [-0.25, -0.2) is 0 Å². The van der Waals surface area contributed by atoms with Crippen molar-refractivity contribution in [2.75, 3.05) is 20.2 Å². The fraction of sp³-hybridized carbons (Fsp3) is 0.588. The molecule has 4 nitrogen and oxygen atoms in total. The van der Waals surface area contributed by atoms with E-state index >= 15 is 0 Å². The smallest absolute Gasteiger partial charge is 0.220 e. The van der Waals surface area contributed by atoms with Gasteiger partial charge >= 0.3 is 0 Å². The monoisotopic (exact) mass is 326 g/mol. The molecule has 1 aliphatic heterocycles. The Morgan fingerprint density at radius 3 is 2.77 bits per heavy atom. The van der Waals surface area contributed by atoms with Crippen LogP contribution in [0.5, 0.6) is 5.75 Å². The molecule has 0 atom stereocenters. The van der Waals surface area contributed by atoms with Gasteiger partial charge in [0.25, 0.3) is 0 Å². The van der Waals surface area contributed by atoms with Gasteiger partial charge in [-0.05, 0) is 62.4 Å². The van der Waals surface area contributed by atoms with E-state index in [4.69, 9.17) is 4.74 Å². The summed E-state index contributed by atoms with van der Waals surface area (Å²) in [6.07, 6.45) is 4.03. The van der Waals surface area contributed by atoms with Crippen molar-refractivity contribution in [2.45, 2.75) is 39.2 Å². The molecule has 1 amide bonds. The van der Waals surface area contributed by atoms with Crippen molar-refractivity contribution in [3.63, 3.8) is 0 Å². The van der Waals surface area contributed by atoms with Crippen LogP contribution in [0.15, 0.2) is 18.2 Å². The molecule has 1 fully saturated rings. The maximum absolute atomic E-state index is 11.9. The first-order valence-electron chi connectivity index (χ1n) is 7.80. The molecule has 124 valence electrons. The molecule has 22 heavy (non-hydrogen) atoms. The van der Waals surface area contributed by atoms with Gasteiger partial charge in [0.05, 0.1) is 7.11 Å². The minimum Gasteiger partial charge on any atom is -0.496 e. The van der Waals surface area contributed by atoms with Crippen molar-refractivity contribution in [2.24, 2.45) is 5.92 Å². The lowest BCUT2D eigenvalue weighted by Crippen LogP contribution is -2.29. The zero-order valence-corrected chi connectivity index (χ0v) is 14.3. The highest BCUT2D eigenvalue weighted by Crippen LogP contribution is 2.19.